The summed E-state index contributed by atoms with van der Waals surface area (Å²) in [7, 11) is 1.73. The van der Waals surface area contributed by atoms with E-state index in [0.29, 0.717) is 0 Å². The molecule has 112 valence electrons. The summed E-state index contributed by atoms with van der Waals surface area (Å²) in [4.78, 5) is 4.02. The van der Waals surface area contributed by atoms with Gasteiger partial charge in [0.25, 0.3) is 0 Å². The lowest BCUT2D eigenvalue weighted by Gasteiger charge is -2.05. The molecule has 0 aliphatic rings. The molecule has 0 spiro atoms. The van der Waals surface area contributed by atoms with Crippen LogP contribution in [0.5, 0.6) is 0 Å². The second-order valence-electron chi connectivity index (χ2n) is 5.18. The van der Waals surface area contributed by atoms with Crippen LogP contribution in [0, 0.1) is 0 Å². The summed E-state index contributed by atoms with van der Waals surface area (Å²) < 4.78 is 1.31. The van der Waals surface area contributed by atoms with Crippen LogP contribution in [-0.2, 0) is 0 Å². The highest BCUT2D eigenvalue weighted by Crippen LogP contribution is 2.32. The minimum atomic E-state index is 0.816. The molecule has 0 atom stereocenters. The van der Waals surface area contributed by atoms with E-state index < -0.39 is 0 Å². The van der Waals surface area contributed by atoms with Gasteiger partial charge in [0.05, 0.1) is 0 Å². The number of nitrogens with zero attached hydrogens (tertiary/aromatic N) is 3. The number of aromatic amines is 1. The molecule has 0 aliphatic heterocycles. The number of aliphatic imine (C=N–C) groups is 1. The Morgan fingerprint density at radius 1 is 1.04 bits per heavy atom. The third-order valence-electron chi connectivity index (χ3n) is 3.80. The number of rotatable bonds is 3. The van der Waals surface area contributed by atoms with Crippen LogP contribution in [0.25, 0.3) is 32.5 Å². The quantitative estimate of drug-likeness (QED) is 0.569. The Morgan fingerprint density at radius 3 is 2.70 bits per heavy atom. The van der Waals surface area contributed by atoms with Crippen LogP contribution >= 0.6 is 11.3 Å². The maximum Gasteiger partial charge on any atom is 0.121 e. The molecular weight excluding hydrogens is 304 g/mol. The summed E-state index contributed by atoms with van der Waals surface area (Å²) >= 11 is 1.77. The lowest BCUT2D eigenvalue weighted by atomic mass is 10.00. The van der Waals surface area contributed by atoms with Crippen molar-refractivity contribution in [1.82, 2.24) is 15.4 Å². The average molecular weight is 318 g/mol. The van der Waals surface area contributed by atoms with E-state index in [4.69, 9.17) is 0 Å². The molecule has 2 heterocycles. The summed E-state index contributed by atoms with van der Waals surface area (Å²) in [6.07, 6.45) is 1.73. The summed E-state index contributed by atoms with van der Waals surface area (Å²) in [6.45, 7) is 0. The van der Waals surface area contributed by atoms with Crippen LogP contribution in [0.15, 0.2) is 58.9 Å². The lowest BCUT2D eigenvalue weighted by Crippen LogP contribution is -1.87. The molecule has 2 aromatic heterocycles. The highest BCUT2D eigenvalue weighted by atomic mass is 32.1. The summed E-state index contributed by atoms with van der Waals surface area (Å²) in [5, 5.41) is 14.3. The smallest absolute Gasteiger partial charge is 0.121 e. The molecule has 5 heteroatoms. The van der Waals surface area contributed by atoms with Crippen molar-refractivity contribution in [3.05, 3.63) is 59.6 Å². The monoisotopic (exact) mass is 318 g/mol. The largest absolute Gasteiger partial charge is 0.294 e. The zero-order chi connectivity index (χ0) is 15.6. The molecule has 0 amide bonds. The molecule has 0 saturated heterocycles. The minimum Gasteiger partial charge on any atom is -0.294 e. The van der Waals surface area contributed by atoms with E-state index >= 15 is 0 Å². The third kappa shape index (κ3) is 2.45. The molecule has 4 rings (SSSR count). The fourth-order valence-electron chi connectivity index (χ4n) is 2.72. The molecule has 0 aliphatic carbocycles. The van der Waals surface area contributed by atoms with Crippen molar-refractivity contribution in [1.29, 1.82) is 0 Å². The van der Waals surface area contributed by atoms with E-state index in [1.165, 1.54) is 21.2 Å². The Balaban J connectivity index is 1.76. The van der Waals surface area contributed by atoms with Gasteiger partial charge in [0.2, 0.25) is 0 Å². The molecule has 23 heavy (non-hydrogen) atoms. The Bertz CT molecular complexity index is 980. The first kappa shape index (κ1) is 13.8. The van der Waals surface area contributed by atoms with Gasteiger partial charge in [-0.3, -0.25) is 10.1 Å². The standard InChI is InChI=1S/C18H14N4S/c1-19-11-16-18(21-22-20-16)13-7-5-12(6-8-13)14-3-2-4-17-15(14)9-10-23-17/h2-11H,1H3,(H,20,21,22)/b19-11+. The molecular formula is C18H14N4S. The summed E-state index contributed by atoms with van der Waals surface area (Å²) in [6, 6.07) is 17.0. The number of fused-ring (bicyclic) bond motifs is 1. The van der Waals surface area contributed by atoms with Crippen molar-refractivity contribution < 1.29 is 0 Å². The molecule has 4 aromatic rings. The van der Waals surface area contributed by atoms with E-state index in [1.54, 1.807) is 24.6 Å². The van der Waals surface area contributed by atoms with Crippen molar-refractivity contribution >= 4 is 27.6 Å². The predicted octanol–water partition coefficient (Wildman–Crippen LogP) is 4.40. The van der Waals surface area contributed by atoms with Gasteiger partial charge < -0.3 is 0 Å². The Kier molecular flexibility index (Phi) is 3.48. The van der Waals surface area contributed by atoms with Crippen LogP contribution in [0.4, 0.5) is 0 Å². The first-order valence-electron chi connectivity index (χ1n) is 7.27. The van der Waals surface area contributed by atoms with E-state index in [2.05, 4.69) is 74.3 Å². The Labute approximate surface area is 137 Å². The van der Waals surface area contributed by atoms with E-state index in [0.717, 1.165) is 17.0 Å². The molecule has 4 nitrogen and oxygen atoms in total. The SMILES string of the molecule is C/N=C/c1[nH]nnc1-c1ccc(-c2cccc3sccc23)cc1. The molecule has 0 bridgehead atoms. The maximum atomic E-state index is 4.15. The number of nitrogens with one attached hydrogen (secondary N) is 1. The van der Waals surface area contributed by atoms with E-state index in [1.807, 2.05) is 0 Å². The maximum absolute atomic E-state index is 4.15. The van der Waals surface area contributed by atoms with E-state index in [-0.39, 0.29) is 0 Å². The van der Waals surface area contributed by atoms with Crippen molar-refractivity contribution in [2.45, 2.75) is 0 Å². The van der Waals surface area contributed by atoms with Crippen LogP contribution in [0.3, 0.4) is 0 Å². The second-order valence-corrected chi connectivity index (χ2v) is 6.12. The number of hydrogen-bond acceptors (Lipinski definition) is 4. The summed E-state index contributed by atoms with van der Waals surface area (Å²) in [5.74, 6) is 0. The van der Waals surface area contributed by atoms with Crippen molar-refractivity contribution in [2.75, 3.05) is 7.05 Å². The molecule has 2 aromatic carbocycles. The lowest BCUT2D eigenvalue weighted by molar-refractivity contribution is 0.940. The van der Waals surface area contributed by atoms with Crippen LogP contribution in [0.1, 0.15) is 5.69 Å². The van der Waals surface area contributed by atoms with Crippen molar-refractivity contribution in [2.24, 2.45) is 4.99 Å². The normalized spacial score (nSPS) is 11.5. The first-order valence-corrected chi connectivity index (χ1v) is 8.15. The van der Waals surface area contributed by atoms with Crippen molar-refractivity contribution in [3.8, 4) is 22.4 Å². The summed E-state index contributed by atoms with van der Waals surface area (Å²) in [5.41, 5.74) is 5.11. The third-order valence-corrected chi connectivity index (χ3v) is 4.68. The zero-order valence-corrected chi connectivity index (χ0v) is 13.3. The van der Waals surface area contributed by atoms with Gasteiger partial charge in [-0.25, -0.2) is 0 Å². The van der Waals surface area contributed by atoms with Crippen LogP contribution < -0.4 is 0 Å². The minimum absolute atomic E-state index is 0.816. The first-order chi connectivity index (χ1) is 11.4. The number of benzene rings is 2. The van der Waals surface area contributed by atoms with Gasteiger partial charge in [0.1, 0.15) is 11.4 Å². The second kappa shape index (κ2) is 5.78. The predicted molar refractivity (Wildman–Crippen MR) is 96.2 cm³/mol. The topological polar surface area (TPSA) is 53.9 Å². The van der Waals surface area contributed by atoms with Gasteiger partial charge in [-0.1, -0.05) is 41.6 Å². The number of aromatic nitrogens is 3. The van der Waals surface area contributed by atoms with Gasteiger partial charge in [-0.15, -0.1) is 16.4 Å². The van der Waals surface area contributed by atoms with E-state index in [9.17, 15) is 0 Å². The van der Waals surface area contributed by atoms with Gasteiger partial charge in [-0.05, 0) is 28.6 Å². The van der Waals surface area contributed by atoms with Gasteiger partial charge in [0.15, 0.2) is 0 Å². The fourth-order valence-corrected chi connectivity index (χ4v) is 3.53. The molecule has 0 fully saturated rings. The fraction of sp³-hybridized carbons (Fsp3) is 0.0556. The molecule has 0 radical (unpaired) electrons. The number of hydrogen-bond donors (Lipinski definition) is 1. The number of thiophene rings is 1. The Morgan fingerprint density at radius 2 is 1.87 bits per heavy atom. The van der Waals surface area contributed by atoms with Gasteiger partial charge in [0, 0.05) is 28.9 Å². The molecule has 0 saturated carbocycles. The highest BCUT2D eigenvalue weighted by Gasteiger charge is 2.09. The number of H-pyrrole nitrogens is 1. The van der Waals surface area contributed by atoms with Gasteiger partial charge in [-0.2, -0.15) is 0 Å². The Hall–Kier alpha value is -2.79. The van der Waals surface area contributed by atoms with Crippen LogP contribution in [-0.4, -0.2) is 28.7 Å². The molecule has 0 unspecified atom stereocenters. The van der Waals surface area contributed by atoms with Crippen LogP contribution in [0.2, 0.25) is 0 Å². The van der Waals surface area contributed by atoms with Gasteiger partial charge >= 0.3 is 0 Å². The molecule has 1 N–H and O–H groups in total. The van der Waals surface area contributed by atoms with Crippen molar-refractivity contribution in [3.63, 3.8) is 0 Å². The highest BCUT2D eigenvalue weighted by molar-refractivity contribution is 7.17. The zero-order valence-electron chi connectivity index (χ0n) is 12.5. The average Bonchev–Trinajstić information content (AvgIpc) is 3.24.